The Bertz CT molecular complexity index is 392. The highest BCUT2D eigenvalue weighted by atomic mass is 16.5. The molecular weight excluding hydrogens is 228 g/mol. The van der Waals surface area contributed by atoms with Gasteiger partial charge in [-0.05, 0) is 24.5 Å². The second-order valence-corrected chi connectivity index (χ2v) is 4.89. The van der Waals surface area contributed by atoms with Gasteiger partial charge in [-0.3, -0.25) is 0 Å². The van der Waals surface area contributed by atoms with E-state index in [2.05, 4.69) is 0 Å². The fourth-order valence-corrected chi connectivity index (χ4v) is 2.47. The summed E-state index contributed by atoms with van der Waals surface area (Å²) < 4.78 is 5.88. The van der Waals surface area contributed by atoms with Crippen LogP contribution in [0.2, 0.25) is 0 Å². The van der Waals surface area contributed by atoms with Gasteiger partial charge in [-0.25, -0.2) is 4.79 Å². The number of rotatable bonds is 4. The lowest BCUT2D eigenvalue weighted by Gasteiger charge is -2.16. The van der Waals surface area contributed by atoms with Crippen LogP contribution in [0.3, 0.4) is 0 Å². The number of carboxylic acids is 1. The van der Waals surface area contributed by atoms with Crippen LogP contribution >= 0.6 is 0 Å². The van der Waals surface area contributed by atoms with E-state index in [1.54, 1.807) is 12.1 Å². The Morgan fingerprint density at radius 2 is 1.83 bits per heavy atom. The van der Waals surface area contributed by atoms with Crippen molar-refractivity contribution in [3.63, 3.8) is 0 Å². The normalized spacial score (nSPS) is 17.3. The molecule has 0 amide bonds. The first-order valence-electron chi connectivity index (χ1n) is 6.70. The molecule has 1 aromatic rings. The molecule has 0 aromatic heterocycles. The van der Waals surface area contributed by atoms with E-state index in [9.17, 15) is 4.79 Å². The van der Waals surface area contributed by atoms with E-state index >= 15 is 0 Å². The van der Waals surface area contributed by atoms with Crippen LogP contribution in [0.4, 0.5) is 0 Å². The van der Waals surface area contributed by atoms with Gasteiger partial charge in [0.1, 0.15) is 0 Å². The van der Waals surface area contributed by atoms with Gasteiger partial charge in [0.05, 0.1) is 18.3 Å². The summed E-state index contributed by atoms with van der Waals surface area (Å²) >= 11 is 0. The van der Waals surface area contributed by atoms with Crippen molar-refractivity contribution < 1.29 is 14.6 Å². The molecule has 0 heterocycles. The van der Waals surface area contributed by atoms with E-state index in [-0.39, 0.29) is 0 Å². The number of benzene rings is 1. The molecule has 18 heavy (non-hydrogen) atoms. The molecule has 0 unspecified atom stereocenters. The average molecular weight is 248 g/mol. The number of aromatic carboxylic acids is 1. The fourth-order valence-electron chi connectivity index (χ4n) is 2.47. The van der Waals surface area contributed by atoms with Gasteiger partial charge < -0.3 is 9.84 Å². The molecule has 98 valence electrons. The van der Waals surface area contributed by atoms with Crippen molar-refractivity contribution in [1.82, 2.24) is 0 Å². The van der Waals surface area contributed by atoms with E-state index in [1.165, 1.54) is 25.7 Å². The maximum atomic E-state index is 11.1. The van der Waals surface area contributed by atoms with Gasteiger partial charge in [0.2, 0.25) is 0 Å². The predicted molar refractivity (Wildman–Crippen MR) is 69.7 cm³/mol. The van der Waals surface area contributed by atoms with Crippen LogP contribution in [-0.2, 0) is 11.3 Å². The van der Waals surface area contributed by atoms with Crippen LogP contribution < -0.4 is 0 Å². The summed E-state index contributed by atoms with van der Waals surface area (Å²) in [6.45, 7) is 0.410. The van der Waals surface area contributed by atoms with Crippen LogP contribution in [-0.4, -0.2) is 17.2 Å². The molecule has 1 aliphatic rings. The summed E-state index contributed by atoms with van der Waals surface area (Å²) in [5.41, 5.74) is 1.13. The highest BCUT2D eigenvalue weighted by Gasteiger charge is 2.14. The molecule has 0 saturated heterocycles. The number of hydrogen-bond acceptors (Lipinski definition) is 2. The van der Waals surface area contributed by atoms with Crippen molar-refractivity contribution >= 4 is 5.97 Å². The molecule has 1 aliphatic carbocycles. The first-order chi connectivity index (χ1) is 8.77. The van der Waals surface area contributed by atoms with Gasteiger partial charge in [-0.2, -0.15) is 0 Å². The summed E-state index contributed by atoms with van der Waals surface area (Å²) in [5.74, 6) is -0.880. The van der Waals surface area contributed by atoms with E-state index in [1.807, 2.05) is 12.1 Å². The summed E-state index contributed by atoms with van der Waals surface area (Å²) in [5, 5.41) is 9.09. The number of hydrogen-bond donors (Lipinski definition) is 1. The number of carboxylic acid groups (broad SMARTS) is 1. The Morgan fingerprint density at radius 1 is 1.17 bits per heavy atom. The molecule has 1 fully saturated rings. The first-order valence-corrected chi connectivity index (χ1v) is 6.70. The molecule has 0 bridgehead atoms. The average Bonchev–Trinajstić information content (AvgIpc) is 2.65. The van der Waals surface area contributed by atoms with E-state index in [0.29, 0.717) is 18.3 Å². The van der Waals surface area contributed by atoms with Crippen molar-refractivity contribution in [1.29, 1.82) is 0 Å². The lowest BCUT2D eigenvalue weighted by molar-refractivity contribution is 0.0300. The Hall–Kier alpha value is -1.35. The van der Waals surface area contributed by atoms with Crippen molar-refractivity contribution in [2.24, 2.45) is 0 Å². The molecule has 3 nitrogen and oxygen atoms in total. The minimum absolute atomic E-state index is 0.300. The highest BCUT2D eigenvalue weighted by Crippen LogP contribution is 2.21. The topological polar surface area (TPSA) is 46.5 Å². The maximum Gasteiger partial charge on any atom is 0.336 e. The monoisotopic (exact) mass is 248 g/mol. The zero-order chi connectivity index (χ0) is 12.8. The minimum atomic E-state index is -0.880. The molecule has 3 heteroatoms. The van der Waals surface area contributed by atoms with Crippen LogP contribution in [0, 0.1) is 0 Å². The zero-order valence-electron chi connectivity index (χ0n) is 10.6. The van der Waals surface area contributed by atoms with Gasteiger partial charge in [0.15, 0.2) is 0 Å². The largest absolute Gasteiger partial charge is 0.478 e. The Kier molecular flexibility index (Phi) is 4.76. The van der Waals surface area contributed by atoms with Gasteiger partial charge in [-0.1, -0.05) is 43.9 Å². The first kappa shape index (κ1) is 13.1. The summed E-state index contributed by atoms with van der Waals surface area (Å²) in [6.07, 6.45) is 7.56. The van der Waals surface area contributed by atoms with Crippen molar-refractivity contribution in [3.05, 3.63) is 35.4 Å². The van der Waals surface area contributed by atoms with Crippen LogP contribution in [0.5, 0.6) is 0 Å². The van der Waals surface area contributed by atoms with E-state index in [4.69, 9.17) is 9.84 Å². The second-order valence-electron chi connectivity index (χ2n) is 4.89. The smallest absolute Gasteiger partial charge is 0.336 e. The molecule has 0 aliphatic heterocycles. The third-order valence-electron chi connectivity index (χ3n) is 3.52. The minimum Gasteiger partial charge on any atom is -0.478 e. The molecule has 1 aromatic carbocycles. The Morgan fingerprint density at radius 3 is 2.50 bits per heavy atom. The predicted octanol–water partition coefficient (Wildman–Crippen LogP) is 3.62. The Labute approximate surface area is 108 Å². The van der Waals surface area contributed by atoms with E-state index in [0.717, 1.165) is 18.4 Å². The molecule has 1 N–H and O–H groups in total. The van der Waals surface area contributed by atoms with Crippen LogP contribution in [0.1, 0.15) is 54.4 Å². The number of ether oxygens (including phenoxy) is 1. The Balaban J connectivity index is 1.94. The second kappa shape index (κ2) is 6.55. The lowest BCUT2D eigenvalue weighted by Crippen LogP contribution is -2.13. The summed E-state index contributed by atoms with van der Waals surface area (Å²) in [6, 6.07) is 7.07. The third kappa shape index (κ3) is 3.57. The lowest BCUT2D eigenvalue weighted by atomic mass is 10.1. The van der Waals surface area contributed by atoms with Crippen molar-refractivity contribution in [3.8, 4) is 0 Å². The van der Waals surface area contributed by atoms with Gasteiger partial charge in [-0.15, -0.1) is 0 Å². The number of carbonyl (C=O) groups is 1. The molecule has 0 radical (unpaired) electrons. The maximum absolute atomic E-state index is 11.1. The van der Waals surface area contributed by atoms with Crippen molar-refractivity contribution in [2.45, 2.75) is 51.2 Å². The fraction of sp³-hybridized carbons (Fsp3) is 0.533. The molecule has 0 spiro atoms. The van der Waals surface area contributed by atoms with Gasteiger partial charge >= 0.3 is 5.97 Å². The van der Waals surface area contributed by atoms with E-state index < -0.39 is 5.97 Å². The SMILES string of the molecule is O=C(O)c1ccccc1COC1CCCCCC1. The van der Waals surface area contributed by atoms with Crippen LogP contribution in [0.25, 0.3) is 0 Å². The highest BCUT2D eigenvalue weighted by molar-refractivity contribution is 5.89. The standard InChI is InChI=1S/C15H20O3/c16-15(17)14-10-6-5-7-12(14)11-18-13-8-3-1-2-4-9-13/h5-7,10,13H,1-4,8-9,11H2,(H,16,17). The van der Waals surface area contributed by atoms with Crippen molar-refractivity contribution in [2.75, 3.05) is 0 Å². The molecule has 2 rings (SSSR count). The van der Waals surface area contributed by atoms with Gasteiger partial charge in [0, 0.05) is 0 Å². The summed E-state index contributed by atoms with van der Waals surface area (Å²) in [4.78, 5) is 11.1. The third-order valence-corrected chi connectivity index (χ3v) is 3.52. The quantitative estimate of drug-likeness (QED) is 0.828. The molecule has 1 saturated carbocycles. The summed E-state index contributed by atoms with van der Waals surface area (Å²) in [7, 11) is 0. The molecular formula is C15H20O3. The molecule has 0 atom stereocenters. The zero-order valence-corrected chi connectivity index (χ0v) is 10.6. The van der Waals surface area contributed by atoms with Gasteiger partial charge in [0.25, 0.3) is 0 Å². The van der Waals surface area contributed by atoms with Crippen LogP contribution in [0.15, 0.2) is 24.3 Å².